The van der Waals surface area contributed by atoms with E-state index in [2.05, 4.69) is 28.1 Å². The summed E-state index contributed by atoms with van der Waals surface area (Å²) in [5, 5.41) is 4.58. The van der Waals surface area contributed by atoms with E-state index < -0.39 is 0 Å². The minimum absolute atomic E-state index is 0.0173. The summed E-state index contributed by atoms with van der Waals surface area (Å²) in [5.41, 5.74) is 10.5. The number of carbonyl (C=O) groups excluding carboxylic acids is 1. The van der Waals surface area contributed by atoms with Crippen molar-refractivity contribution in [3.63, 3.8) is 0 Å². The minimum atomic E-state index is -0.0173. The summed E-state index contributed by atoms with van der Waals surface area (Å²) >= 11 is 0. The molecule has 25 heavy (non-hydrogen) atoms. The molecule has 0 aromatic carbocycles. The fraction of sp³-hybridized carbons (Fsp3) is 0.556. The number of anilines is 1. The van der Waals surface area contributed by atoms with Gasteiger partial charge in [0.2, 0.25) is 5.95 Å². The lowest BCUT2D eigenvalue weighted by molar-refractivity contribution is 0.0779. The van der Waals surface area contributed by atoms with Gasteiger partial charge in [-0.05, 0) is 52.0 Å². The van der Waals surface area contributed by atoms with E-state index >= 15 is 0 Å². The second-order valence-corrected chi connectivity index (χ2v) is 7.13. The molecule has 0 saturated carbocycles. The normalized spacial score (nSPS) is 19.9. The quantitative estimate of drug-likeness (QED) is 0.901. The Balaban J connectivity index is 1.58. The molecule has 2 aromatic rings. The van der Waals surface area contributed by atoms with Gasteiger partial charge in [-0.3, -0.25) is 9.48 Å². The number of amides is 1. The van der Waals surface area contributed by atoms with Crippen LogP contribution in [-0.4, -0.2) is 43.6 Å². The summed E-state index contributed by atoms with van der Waals surface area (Å²) in [7, 11) is 0. The van der Waals surface area contributed by atoms with Gasteiger partial charge in [0.15, 0.2) is 0 Å². The number of nitrogens with zero attached hydrogens (tertiary/aromatic N) is 5. The average Bonchev–Trinajstić information content (AvgIpc) is 3.19. The average molecular weight is 340 g/mol. The highest BCUT2D eigenvalue weighted by atomic mass is 16.2. The molecule has 2 aliphatic rings. The molecule has 1 fully saturated rings. The van der Waals surface area contributed by atoms with E-state index in [0.717, 1.165) is 61.3 Å². The number of carbonyl (C=O) groups is 1. The van der Waals surface area contributed by atoms with Gasteiger partial charge in [-0.25, -0.2) is 9.97 Å². The molecular weight excluding hydrogens is 316 g/mol. The molecule has 2 N–H and O–H groups in total. The first-order valence-corrected chi connectivity index (χ1v) is 9.00. The molecule has 0 radical (unpaired) electrons. The summed E-state index contributed by atoms with van der Waals surface area (Å²) < 4.78 is 2.05. The number of nitrogens with two attached hydrogens (primary N) is 1. The Morgan fingerprint density at radius 1 is 1.24 bits per heavy atom. The van der Waals surface area contributed by atoms with E-state index in [1.807, 2.05) is 16.5 Å². The van der Waals surface area contributed by atoms with E-state index in [1.165, 1.54) is 0 Å². The Kier molecular flexibility index (Phi) is 3.94. The van der Waals surface area contributed by atoms with Gasteiger partial charge in [0, 0.05) is 30.0 Å². The summed E-state index contributed by atoms with van der Waals surface area (Å²) in [6.07, 6.45) is 4.84. The fourth-order valence-corrected chi connectivity index (χ4v) is 4.08. The standard InChI is InChI=1S/C18H24N6O/c1-11-9-12(2)24(22-11)13-7-8-23(10-13)17(25)16-14-5-3-4-6-15(14)20-18(19)21-16/h9,13H,3-8,10H2,1-2H3,(H2,19,20,21)/t13-/m0/s1. The van der Waals surface area contributed by atoms with E-state index in [4.69, 9.17) is 5.73 Å². The van der Waals surface area contributed by atoms with E-state index in [0.29, 0.717) is 12.2 Å². The number of fused-ring (bicyclic) bond motifs is 1. The van der Waals surface area contributed by atoms with Crippen LogP contribution in [0, 0.1) is 13.8 Å². The number of rotatable bonds is 2. The molecule has 2 aromatic heterocycles. The molecule has 3 heterocycles. The Labute approximate surface area is 147 Å². The van der Waals surface area contributed by atoms with Crippen LogP contribution in [-0.2, 0) is 12.8 Å². The van der Waals surface area contributed by atoms with Crippen LogP contribution in [0.3, 0.4) is 0 Å². The third kappa shape index (κ3) is 2.88. The van der Waals surface area contributed by atoms with Crippen molar-refractivity contribution in [2.24, 2.45) is 0 Å². The first-order chi connectivity index (χ1) is 12.0. The SMILES string of the molecule is Cc1cc(C)n([C@H]2CCN(C(=O)c3nc(N)nc4c3CCCC4)C2)n1. The van der Waals surface area contributed by atoms with Gasteiger partial charge < -0.3 is 10.6 Å². The number of nitrogen functional groups attached to an aromatic ring is 1. The van der Waals surface area contributed by atoms with Crippen molar-refractivity contribution in [3.8, 4) is 0 Å². The second-order valence-electron chi connectivity index (χ2n) is 7.13. The second kappa shape index (κ2) is 6.13. The summed E-state index contributed by atoms with van der Waals surface area (Å²) in [4.78, 5) is 23.6. The third-order valence-electron chi connectivity index (χ3n) is 5.24. The highest BCUT2D eigenvalue weighted by Gasteiger charge is 2.32. The maximum atomic E-state index is 13.1. The van der Waals surface area contributed by atoms with Gasteiger partial charge in [0.25, 0.3) is 5.91 Å². The van der Waals surface area contributed by atoms with Crippen molar-refractivity contribution in [2.45, 2.75) is 52.0 Å². The van der Waals surface area contributed by atoms with Crippen molar-refractivity contribution < 1.29 is 4.79 Å². The van der Waals surface area contributed by atoms with Crippen LogP contribution in [0.25, 0.3) is 0 Å². The van der Waals surface area contributed by atoms with Crippen molar-refractivity contribution in [1.29, 1.82) is 0 Å². The highest BCUT2D eigenvalue weighted by molar-refractivity contribution is 5.94. The predicted octanol–water partition coefficient (Wildman–Crippen LogP) is 1.84. The van der Waals surface area contributed by atoms with Crippen LogP contribution in [0.2, 0.25) is 0 Å². The zero-order chi connectivity index (χ0) is 17.6. The largest absolute Gasteiger partial charge is 0.368 e. The number of aromatic nitrogens is 4. The molecule has 7 nitrogen and oxygen atoms in total. The molecule has 132 valence electrons. The Morgan fingerprint density at radius 3 is 2.80 bits per heavy atom. The van der Waals surface area contributed by atoms with Crippen molar-refractivity contribution >= 4 is 11.9 Å². The summed E-state index contributed by atoms with van der Waals surface area (Å²) in [6, 6.07) is 2.30. The smallest absolute Gasteiger partial charge is 0.273 e. The van der Waals surface area contributed by atoms with Crippen LogP contribution >= 0.6 is 0 Å². The topological polar surface area (TPSA) is 89.9 Å². The van der Waals surface area contributed by atoms with Gasteiger partial charge >= 0.3 is 0 Å². The van der Waals surface area contributed by atoms with Crippen LogP contribution < -0.4 is 5.73 Å². The molecule has 7 heteroatoms. The van der Waals surface area contributed by atoms with Crippen molar-refractivity contribution in [1.82, 2.24) is 24.6 Å². The molecule has 1 saturated heterocycles. The van der Waals surface area contributed by atoms with E-state index in [-0.39, 0.29) is 17.9 Å². The molecule has 1 atom stereocenters. The molecule has 0 unspecified atom stereocenters. The number of hydrogen-bond donors (Lipinski definition) is 1. The molecular formula is C18H24N6O. The van der Waals surface area contributed by atoms with Gasteiger partial charge in [-0.15, -0.1) is 0 Å². The number of hydrogen-bond acceptors (Lipinski definition) is 5. The third-order valence-corrected chi connectivity index (χ3v) is 5.24. The maximum absolute atomic E-state index is 13.1. The first kappa shape index (κ1) is 16.1. The van der Waals surface area contributed by atoms with Gasteiger partial charge in [-0.2, -0.15) is 5.10 Å². The van der Waals surface area contributed by atoms with E-state index in [9.17, 15) is 4.79 Å². The maximum Gasteiger partial charge on any atom is 0.273 e. The molecule has 0 spiro atoms. The van der Waals surface area contributed by atoms with Gasteiger partial charge in [0.1, 0.15) is 5.69 Å². The lowest BCUT2D eigenvalue weighted by atomic mass is 9.94. The summed E-state index contributed by atoms with van der Waals surface area (Å²) in [6.45, 7) is 5.45. The molecule has 1 amide bonds. The Morgan fingerprint density at radius 2 is 2.04 bits per heavy atom. The van der Waals surface area contributed by atoms with Crippen LogP contribution in [0.1, 0.15) is 58.4 Å². The highest BCUT2D eigenvalue weighted by Crippen LogP contribution is 2.27. The predicted molar refractivity (Wildman–Crippen MR) is 94.3 cm³/mol. The van der Waals surface area contributed by atoms with Crippen LogP contribution in [0.5, 0.6) is 0 Å². The number of likely N-dealkylation sites (tertiary alicyclic amines) is 1. The lowest BCUT2D eigenvalue weighted by Gasteiger charge is -2.22. The zero-order valence-corrected chi connectivity index (χ0v) is 14.8. The minimum Gasteiger partial charge on any atom is -0.368 e. The molecule has 1 aliphatic carbocycles. The van der Waals surface area contributed by atoms with Crippen LogP contribution in [0.15, 0.2) is 6.07 Å². The summed E-state index contributed by atoms with van der Waals surface area (Å²) in [5.74, 6) is 0.189. The first-order valence-electron chi connectivity index (χ1n) is 9.00. The van der Waals surface area contributed by atoms with E-state index in [1.54, 1.807) is 0 Å². The fourth-order valence-electron chi connectivity index (χ4n) is 4.08. The number of aryl methyl sites for hydroxylation is 3. The zero-order valence-electron chi connectivity index (χ0n) is 14.8. The Bertz CT molecular complexity index is 827. The molecule has 1 aliphatic heterocycles. The molecule has 0 bridgehead atoms. The monoisotopic (exact) mass is 340 g/mol. The van der Waals surface area contributed by atoms with Crippen LogP contribution in [0.4, 0.5) is 5.95 Å². The van der Waals surface area contributed by atoms with Gasteiger partial charge in [-0.1, -0.05) is 0 Å². The molecule has 4 rings (SSSR count). The lowest BCUT2D eigenvalue weighted by Crippen LogP contribution is -2.32. The Hall–Kier alpha value is -2.44. The van der Waals surface area contributed by atoms with Crippen molar-refractivity contribution in [3.05, 3.63) is 34.4 Å². The van der Waals surface area contributed by atoms with Gasteiger partial charge in [0.05, 0.1) is 11.7 Å². The van der Waals surface area contributed by atoms with Crippen molar-refractivity contribution in [2.75, 3.05) is 18.8 Å².